The van der Waals surface area contributed by atoms with Gasteiger partial charge < -0.3 is 17.3 Å². The van der Waals surface area contributed by atoms with Crippen molar-refractivity contribution >= 4 is 26.7 Å². The van der Waals surface area contributed by atoms with Crippen LogP contribution in [-0.2, 0) is 18.3 Å². The summed E-state index contributed by atoms with van der Waals surface area (Å²) in [7, 11) is -2.27. The number of ether oxygens (including phenoxy) is 2. The van der Waals surface area contributed by atoms with Gasteiger partial charge in [0.15, 0.2) is 0 Å². The van der Waals surface area contributed by atoms with Gasteiger partial charge in [0.2, 0.25) is 0 Å². The number of halogens is 4. The molecule has 1 aromatic heterocycles. The summed E-state index contributed by atoms with van der Waals surface area (Å²) in [4.78, 5) is 0. The molecular weight excluding hydrogens is 478 g/mol. The summed E-state index contributed by atoms with van der Waals surface area (Å²) < 4.78 is 56.3. The minimum atomic E-state index is -6.00. The third-order valence-electron chi connectivity index (χ3n) is 4.10. The number of hydrogen-bond donors (Lipinski definition) is 0. The van der Waals surface area contributed by atoms with E-state index < -0.39 is 7.25 Å². The zero-order chi connectivity index (χ0) is 22.7. The Kier molecular flexibility index (Phi) is 10.1. The molecule has 0 aliphatic carbocycles. The molecule has 168 valence electrons. The van der Waals surface area contributed by atoms with Gasteiger partial charge in [-0.2, -0.15) is 0 Å². The molecule has 0 radical (unpaired) electrons. The van der Waals surface area contributed by atoms with Crippen molar-refractivity contribution in [2.24, 2.45) is 7.05 Å². The average molecular weight is 503 g/mol. The van der Waals surface area contributed by atoms with E-state index in [0.717, 1.165) is 17.6 Å². The fourth-order valence-electron chi connectivity index (χ4n) is 2.71. The van der Waals surface area contributed by atoms with E-state index in [2.05, 4.69) is 59.6 Å². The van der Waals surface area contributed by atoms with Gasteiger partial charge in [-0.15, -0.1) is 0 Å². The van der Waals surface area contributed by atoms with Gasteiger partial charge in [-0.05, 0) is 0 Å². The fourth-order valence-corrected chi connectivity index (χ4v) is 4.77. The van der Waals surface area contributed by atoms with Crippen LogP contribution in [0.25, 0.3) is 0 Å². The summed E-state index contributed by atoms with van der Waals surface area (Å²) in [6, 6.07) is 18.9. The second kappa shape index (κ2) is 12.5. The number of benzene rings is 2. The topological polar surface area (TPSA) is 27.3 Å². The van der Waals surface area contributed by atoms with E-state index in [1.54, 1.807) is 7.11 Å². The van der Waals surface area contributed by atoms with Gasteiger partial charge in [0.1, 0.15) is 0 Å². The Morgan fingerprint density at radius 2 is 1.77 bits per heavy atom. The molecule has 0 bridgehead atoms. The Labute approximate surface area is 186 Å². The number of rotatable bonds is 9. The number of aromatic nitrogens is 2. The van der Waals surface area contributed by atoms with Crippen molar-refractivity contribution in [1.29, 1.82) is 0 Å². The number of methoxy groups -OCH3 is 1. The molecule has 2 aromatic carbocycles. The van der Waals surface area contributed by atoms with Crippen LogP contribution in [-0.4, -0.2) is 40.5 Å². The maximum absolute atomic E-state index is 9.75. The van der Waals surface area contributed by atoms with Gasteiger partial charge in [0.25, 0.3) is 0 Å². The maximum Gasteiger partial charge on any atom is 0.673 e. The summed E-state index contributed by atoms with van der Waals surface area (Å²) in [5.74, 6) is 0.876. The monoisotopic (exact) mass is 504 g/mol. The molecule has 3 aromatic rings. The smallest absolute Gasteiger partial charge is 0.418 e. The number of hydrogen-bond acceptors (Lipinski definition) is 2. The molecule has 0 saturated heterocycles. The van der Waals surface area contributed by atoms with Crippen LogP contribution >= 0.6 is 0 Å². The van der Waals surface area contributed by atoms with E-state index in [9.17, 15) is 17.3 Å². The normalized spacial score (nSPS) is 12.1. The summed E-state index contributed by atoms with van der Waals surface area (Å²) in [6.07, 6.45) is 6.25. The van der Waals surface area contributed by atoms with E-state index in [4.69, 9.17) is 9.47 Å². The van der Waals surface area contributed by atoms with Gasteiger partial charge in [0.05, 0.1) is 0 Å². The molecule has 0 aliphatic heterocycles. The molecule has 0 amide bonds. The van der Waals surface area contributed by atoms with E-state index in [0.29, 0.717) is 21.6 Å². The standard InChI is InChI=1S/C21H25N2O2Se.BF4/c1-22-11-12-23(17-22)13-14-25-21(16-26-20-9-4-3-5-10-20)18-7-6-8-19(15-18)24-2;2-1(3,4)5/h3-12,15,17,21H,13-14,16H2,1-2H3;/q+1;-1. The Morgan fingerprint density at radius 3 is 2.39 bits per heavy atom. The fraction of sp³-hybridized carbons (Fsp3) is 0.286. The first-order valence-corrected chi connectivity index (χ1v) is 11.6. The zero-order valence-electron chi connectivity index (χ0n) is 17.3. The summed E-state index contributed by atoms with van der Waals surface area (Å²) >= 11 is 0.370. The maximum atomic E-state index is 9.75. The van der Waals surface area contributed by atoms with Crippen LogP contribution in [0.1, 0.15) is 11.7 Å². The van der Waals surface area contributed by atoms with Gasteiger partial charge in [-0.3, -0.25) is 0 Å². The van der Waals surface area contributed by atoms with Gasteiger partial charge >= 0.3 is 169 Å². The van der Waals surface area contributed by atoms with Gasteiger partial charge in [-0.25, -0.2) is 0 Å². The van der Waals surface area contributed by atoms with E-state index in [-0.39, 0.29) is 6.10 Å². The molecular formula is C21H25BF4N2O2Se. The molecule has 1 unspecified atom stereocenters. The number of nitrogens with zero attached hydrogens (tertiary/aromatic N) is 2. The summed E-state index contributed by atoms with van der Waals surface area (Å²) in [5, 5.41) is 1.00. The van der Waals surface area contributed by atoms with Crippen molar-refractivity contribution in [2.75, 3.05) is 13.7 Å². The first-order valence-electron chi connectivity index (χ1n) is 9.56. The van der Waals surface area contributed by atoms with Crippen LogP contribution in [0.5, 0.6) is 5.75 Å². The van der Waals surface area contributed by atoms with Crippen molar-refractivity contribution in [3.63, 3.8) is 0 Å². The van der Waals surface area contributed by atoms with Crippen molar-refractivity contribution in [3.05, 3.63) is 78.9 Å². The Morgan fingerprint density at radius 1 is 1.06 bits per heavy atom. The Bertz CT molecular complexity index is 904. The predicted molar refractivity (Wildman–Crippen MR) is 114 cm³/mol. The van der Waals surface area contributed by atoms with Crippen molar-refractivity contribution < 1.29 is 31.3 Å². The van der Waals surface area contributed by atoms with Crippen molar-refractivity contribution in [1.82, 2.24) is 4.57 Å². The minimum absolute atomic E-state index is 0.0784. The van der Waals surface area contributed by atoms with Gasteiger partial charge in [0, 0.05) is 0 Å². The molecule has 0 fully saturated rings. The SMILES string of the molecule is COc1cccc(C(C[Se]c2ccccc2)OCCn2cc[n+](C)c2)c1.F[B-](F)(F)F. The summed E-state index contributed by atoms with van der Waals surface area (Å²) in [5.41, 5.74) is 1.18. The molecule has 0 N–H and O–H groups in total. The first kappa shape index (κ1) is 25.0. The second-order valence-electron chi connectivity index (χ2n) is 6.57. The molecule has 31 heavy (non-hydrogen) atoms. The quantitative estimate of drug-likeness (QED) is 0.252. The first-order chi connectivity index (χ1) is 14.7. The molecule has 0 spiro atoms. The number of aryl methyl sites for hydroxylation is 1. The zero-order valence-corrected chi connectivity index (χ0v) is 19.0. The third kappa shape index (κ3) is 10.5. The minimum Gasteiger partial charge on any atom is -0.418 e. The van der Waals surface area contributed by atoms with E-state index in [1.807, 2.05) is 29.9 Å². The molecule has 10 heteroatoms. The largest absolute Gasteiger partial charge is 0.673 e. The Hall–Kier alpha value is -2.29. The van der Waals surface area contributed by atoms with Crippen LogP contribution in [0, 0.1) is 0 Å². The van der Waals surface area contributed by atoms with Crippen LogP contribution in [0.3, 0.4) is 0 Å². The van der Waals surface area contributed by atoms with Crippen molar-refractivity contribution in [3.8, 4) is 5.75 Å². The predicted octanol–water partition coefficient (Wildman–Crippen LogP) is 3.83. The summed E-state index contributed by atoms with van der Waals surface area (Å²) in [6.45, 7) is 1.53. The number of imidazole rings is 1. The molecule has 1 atom stereocenters. The molecule has 4 nitrogen and oxygen atoms in total. The van der Waals surface area contributed by atoms with E-state index >= 15 is 0 Å². The van der Waals surface area contributed by atoms with Crippen LogP contribution < -0.4 is 13.8 Å². The Balaban J connectivity index is 0.000000614. The molecule has 1 heterocycles. The van der Waals surface area contributed by atoms with Crippen LogP contribution in [0.2, 0.25) is 5.32 Å². The van der Waals surface area contributed by atoms with Crippen LogP contribution in [0.15, 0.2) is 73.3 Å². The van der Waals surface area contributed by atoms with Gasteiger partial charge in [-0.1, -0.05) is 0 Å². The molecule has 0 aliphatic rings. The second-order valence-corrected chi connectivity index (χ2v) is 8.87. The molecule has 3 rings (SSSR count). The van der Waals surface area contributed by atoms with Crippen molar-refractivity contribution in [2.45, 2.75) is 18.0 Å². The average Bonchev–Trinajstić information content (AvgIpc) is 3.15. The molecule has 0 saturated carbocycles. The van der Waals surface area contributed by atoms with Crippen LogP contribution in [0.4, 0.5) is 17.3 Å². The van der Waals surface area contributed by atoms with E-state index in [1.165, 1.54) is 10.0 Å². The third-order valence-corrected chi connectivity index (χ3v) is 6.36.